The molecule has 0 radical (unpaired) electrons. The Morgan fingerprint density at radius 2 is 0.899 bits per heavy atom. The number of imidazole rings is 2. The Morgan fingerprint density at radius 1 is 0.478 bits per heavy atom. The summed E-state index contributed by atoms with van der Waals surface area (Å²) in [6, 6.07) is 49.3. The van der Waals surface area contributed by atoms with E-state index < -0.39 is 0 Å². The molecule has 9 nitrogen and oxygen atoms in total. The number of fused-ring (bicyclic) bond motifs is 10. The first-order valence-electron chi connectivity index (χ1n) is 21.4. The number of rotatable bonds is 4. The molecule has 0 saturated heterocycles. The van der Waals surface area contributed by atoms with Gasteiger partial charge in [-0.25, -0.2) is 12.1 Å². The molecule has 0 atom stereocenters. The van der Waals surface area contributed by atoms with Gasteiger partial charge in [0.2, 0.25) is 18.0 Å². The minimum absolute atomic E-state index is 0. The molecule has 11 aromatic rings. The SMILES string of the molecule is C[n+]1[c-]n(-c2[c-]c3c(cc2)Sc2cccc4c2B3c2[c-]c(-c3[c-]oc(-c5[c-]c6c(cc5)Sc5cccc7c5B6c5[c-]c(-n6[c-][n+](C)c8nccnc86)ccc5S7)[c-]3)ccc2S4)c2nccnc21.[Pt+4].[Pt+4]. The topological polar surface area (TPSA) is 82.3 Å². The maximum atomic E-state index is 6.30. The standard InChI is InChI=1S/C52H24B2N8OS4.2Pt/c1-59-27-61(51-49(59)55-17-19-57-51)32-11-15-41-36(24-32)53-34-21-29(9-13-39(34)64-43-5-3-7-45(66-41)47(43)53)31-23-38(63-26-31)30-10-14-40-35(22-30)54-37-25-33(62-28-60(2)50-52(62)58-20-18-56-50)12-16-42(37)67-46-8-4-6-44(65-40)48(46)54;;/h3-20H,1-2H3;;/q-6;2*+4. The summed E-state index contributed by atoms with van der Waals surface area (Å²) >= 11 is 7.16. The largest absolute Gasteiger partial charge is 4.00 e. The minimum atomic E-state index is -0.100. The van der Waals surface area contributed by atoms with Crippen LogP contribution in [-0.4, -0.2) is 42.5 Å². The molecular weight excluding hydrogens is 1290 g/mol. The number of aromatic nitrogens is 8. The van der Waals surface area contributed by atoms with Crippen molar-refractivity contribution < 1.29 is 55.7 Å². The molecule has 0 N–H and O–H groups in total. The Balaban J connectivity index is 0.00000234. The molecule has 69 heavy (non-hydrogen) atoms. The molecule has 326 valence electrons. The van der Waals surface area contributed by atoms with Gasteiger partial charge in [0, 0.05) is 14.1 Å². The zero-order chi connectivity index (χ0) is 44.1. The van der Waals surface area contributed by atoms with Crippen molar-refractivity contribution in [2.75, 3.05) is 0 Å². The zero-order valence-corrected chi connectivity index (χ0v) is 43.6. The molecule has 0 fully saturated rings. The van der Waals surface area contributed by atoms with Crippen LogP contribution in [0.4, 0.5) is 0 Å². The maximum absolute atomic E-state index is 6.30. The quantitative estimate of drug-likeness (QED) is 0.137. The number of hydrogen-bond acceptors (Lipinski definition) is 9. The van der Waals surface area contributed by atoms with Gasteiger partial charge in [-0.1, -0.05) is 39.1 Å². The van der Waals surface area contributed by atoms with E-state index in [1.165, 1.54) is 30.5 Å². The van der Waals surface area contributed by atoms with Crippen LogP contribution in [0.25, 0.3) is 56.4 Å². The van der Waals surface area contributed by atoms with Crippen LogP contribution < -0.4 is 41.9 Å². The summed E-state index contributed by atoms with van der Waals surface area (Å²) in [4.78, 5) is 28.0. The van der Waals surface area contributed by atoms with Gasteiger partial charge in [-0.3, -0.25) is 9.97 Å². The summed E-state index contributed by atoms with van der Waals surface area (Å²) in [5.74, 6) is 0.571. The second kappa shape index (κ2) is 16.6. The van der Waals surface area contributed by atoms with Crippen LogP contribution in [0.3, 0.4) is 0 Å². The van der Waals surface area contributed by atoms with Crippen LogP contribution in [0.5, 0.6) is 0 Å². The summed E-state index contributed by atoms with van der Waals surface area (Å²) < 4.78 is 13.9. The molecule has 6 aromatic carbocycles. The Kier molecular flexibility index (Phi) is 10.5. The number of furan rings is 1. The molecule has 0 amide bonds. The van der Waals surface area contributed by atoms with Crippen molar-refractivity contribution in [3.05, 3.63) is 159 Å². The van der Waals surface area contributed by atoms with Gasteiger partial charge >= 0.3 is 42.1 Å². The molecule has 0 aliphatic carbocycles. The summed E-state index contributed by atoms with van der Waals surface area (Å²) in [6.07, 6.45) is 16.8. The first-order chi connectivity index (χ1) is 33.0. The van der Waals surface area contributed by atoms with Gasteiger partial charge in [-0.15, -0.1) is 74.9 Å². The minimum Gasteiger partial charge on any atom is -0.631 e. The third-order valence-electron chi connectivity index (χ3n) is 12.7. The van der Waals surface area contributed by atoms with Gasteiger partial charge in [-0.2, -0.15) is 86.3 Å². The van der Waals surface area contributed by atoms with E-state index in [-0.39, 0.29) is 55.6 Å². The second-order valence-corrected chi connectivity index (χ2v) is 20.9. The third-order valence-corrected chi connectivity index (χ3v) is 17.4. The summed E-state index contributed by atoms with van der Waals surface area (Å²) in [6.45, 7) is -0.193. The van der Waals surface area contributed by atoms with Crippen molar-refractivity contribution in [1.82, 2.24) is 29.1 Å². The molecule has 0 spiro atoms. The molecule has 0 bridgehead atoms. The van der Waals surface area contributed by atoms with E-state index in [4.69, 9.17) is 4.42 Å². The van der Waals surface area contributed by atoms with Crippen LogP contribution in [-0.2, 0) is 56.2 Å². The van der Waals surface area contributed by atoms with Crippen molar-refractivity contribution in [3.63, 3.8) is 0 Å². The molecule has 17 heteroatoms. The molecule has 0 unspecified atom stereocenters. The van der Waals surface area contributed by atoms with Crippen LogP contribution in [0, 0.1) is 49.2 Å². The average Bonchev–Trinajstić information content (AvgIpc) is 4.09. The van der Waals surface area contributed by atoms with Gasteiger partial charge in [0.15, 0.2) is 19.4 Å². The second-order valence-electron chi connectivity index (χ2n) is 16.6. The van der Waals surface area contributed by atoms with Gasteiger partial charge in [0.1, 0.15) is 23.7 Å². The molecule has 0 saturated carbocycles. The van der Waals surface area contributed by atoms with E-state index in [1.807, 2.05) is 32.4 Å². The van der Waals surface area contributed by atoms with E-state index in [0.29, 0.717) is 11.3 Å². The third kappa shape index (κ3) is 6.68. The fourth-order valence-corrected chi connectivity index (χ4v) is 14.5. The van der Waals surface area contributed by atoms with E-state index in [9.17, 15) is 0 Å². The van der Waals surface area contributed by atoms with Gasteiger partial charge in [0.05, 0.1) is 12.4 Å². The molecule has 9 heterocycles. The Bertz CT molecular complexity index is 3710. The molecule has 4 aliphatic rings. The van der Waals surface area contributed by atoms with Crippen molar-refractivity contribution in [3.8, 4) is 33.8 Å². The number of hydrogen-bond donors (Lipinski definition) is 0. The first-order valence-corrected chi connectivity index (χ1v) is 24.6. The van der Waals surface area contributed by atoms with Crippen LogP contribution >= 0.6 is 47.0 Å². The summed E-state index contributed by atoms with van der Waals surface area (Å²) in [5.41, 5.74) is 14.0. The van der Waals surface area contributed by atoms with E-state index in [2.05, 4.69) is 154 Å². The monoisotopic (exact) mass is 1320 g/mol. The molecule has 15 rings (SSSR count). The average molecular weight is 1320 g/mol. The van der Waals surface area contributed by atoms with Crippen LogP contribution in [0.2, 0.25) is 0 Å². The summed E-state index contributed by atoms with van der Waals surface area (Å²) in [5, 5.41) is 0. The van der Waals surface area contributed by atoms with Gasteiger partial charge < -0.3 is 39.9 Å². The number of aryl methyl sites for hydroxylation is 2. The molecule has 5 aromatic heterocycles. The van der Waals surface area contributed by atoms with E-state index in [1.54, 1.807) is 71.8 Å². The molecule has 4 aliphatic heterocycles. The Hall–Kier alpha value is -5.39. The Labute approximate surface area is 442 Å². The molecular formula is C52H24B2N8OPt2S4+2. The van der Waals surface area contributed by atoms with Crippen molar-refractivity contribution in [2.24, 2.45) is 14.1 Å². The number of benzene rings is 6. The smallest absolute Gasteiger partial charge is 0.631 e. The normalized spacial score (nSPS) is 13.4. The van der Waals surface area contributed by atoms with Gasteiger partial charge in [0.25, 0.3) is 0 Å². The predicted octanol–water partition coefficient (Wildman–Crippen LogP) is 5.02. The predicted molar refractivity (Wildman–Crippen MR) is 259 cm³/mol. The fraction of sp³-hybridized carbons (Fsp3) is 0.0385. The van der Waals surface area contributed by atoms with E-state index >= 15 is 0 Å². The zero-order valence-electron chi connectivity index (χ0n) is 35.8. The first kappa shape index (κ1) is 43.6. The Morgan fingerprint density at radius 3 is 1.39 bits per heavy atom. The van der Waals surface area contributed by atoms with Crippen molar-refractivity contribution in [2.45, 2.75) is 39.2 Å². The number of nitrogens with zero attached hydrogens (tertiary/aromatic N) is 8. The summed E-state index contributed by atoms with van der Waals surface area (Å²) in [7, 11) is 3.87. The van der Waals surface area contributed by atoms with Crippen molar-refractivity contribution >= 4 is 116 Å². The van der Waals surface area contributed by atoms with E-state index in [0.717, 1.165) is 86.5 Å². The van der Waals surface area contributed by atoms with Gasteiger partial charge in [-0.05, 0) is 54.8 Å². The van der Waals surface area contributed by atoms with Crippen LogP contribution in [0.1, 0.15) is 0 Å². The fourth-order valence-electron chi connectivity index (χ4n) is 9.80. The van der Waals surface area contributed by atoms with Crippen molar-refractivity contribution in [1.29, 1.82) is 0 Å². The maximum Gasteiger partial charge on any atom is 4.00 e. The van der Waals surface area contributed by atoms with Crippen LogP contribution in [0.15, 0.2) is 153 Å².